The molecule has 10 heteroatoms. The standard InChI is InChI=1S/C30H31ClFN5O3/c1-33-11-12-37(29(33)40)25-6-5-19(13-24(25)31)22-15-21(32)16-23(27(22)38)20-14-26(28(39)34(2)17-20)36-10-8-30(18-36)7-4-9-35(30)3/h5-6,11-17,38H,4,7-10,18H2,1-3H3. The number of likely N-dealkylation sites (tertiary alicyclic amines) is 1. The summed E-state index contributed by atoms with van der Waals surface area (Å²) in [7, 11) is 5.46. The van der Waals surface area contributed by atoms with E-state index >= 15 is 4.39 Å². The van der Waals surface area contributed by atoms with Gasteiger partial charge in [0.2, 0.25) is 0 Å². The van der Waals surface area contributed by atoms with Gasteiger partial charge in [0.05, 0.1) is 10.7 Å². The van der Waals surface area contributed by atoms with E-state index < -0.39 is 5.82 Å². The van der Waals surface area contributed by atoms with Crippen LogP contribution in [0.4, 0.5) is 10.1 Å². The fourth-order valence-electron chi connectivity index (χ4n) is 6.28. The Morgan fingerprint density at radius 2 is 1.65 bits per heavy atom. The Morgan fingerprint density at radius 3 is 2.30 bits per heavy atom. The van der Waals surface area contributed by atoms with Crippen molar-refractivity contribution in [3.05, 3.63) is 86.7 Å². The Bertz CT molecular complexity index is 1760. The van der Waals surface area contributed by atoms with Gasteiger partial charge >= 0.3 is 5.69 Å². The molecule has 1 spiro atoms. The van der Waals surface area contributed by atoms with Crippen molar-refractivity contribution in [2.75, 3.05) is 31.6 Å². The summed E-state index contributed by atoms with van der Waals surface area (Å²) in [6.45, 7) is 2.58. The summed E-state index contributed by atoms with van der Waals surface area (Å²) in [5, 5.41) is 11.7. The van der Waals surface area contributed by atoms with E-state index in [4.69, 9.17) is 11.6 Å². The van der Waals surface area contributed by atoms with Crippen molar-refractivity contribution in [2.24, 2.45) is 14.1 Å². The fourth-order valence-corrected chi connectivity index (χ4v) is 6.55. The quantitative estimate of drug-likeness (QED) is 0.399. The molecule has 2 aliphatic rings. The van der Waals surface area contributed by atoms with Crippen LogP contribution < -0.4 is 16.1 Å². The van der Waals surface area contributed by atoms with Crippen LogP contribution >= 0.6 is 11.6 Å². The van der Waals surface area contributed by atoms with E-state index in [1.54, 1.807) is 57.0 Å². The lowest BCUT2D eigenvalue weighted by atomic mass is 9.95. The molecule has 2 aliphatic heterocycles. The van der Waals surface area contributed by atoms with E-state index in [2.05, 4.69) is 16.8 Å². The first kappa shape index (κ1) is 26.4. The van der Waals surface area contributed by atoms with Gasteiger partial charge in [-0.05, 0) is 68.8 Å². The molecule has 0 radical (unpaired) electrons. The summed E-state index contributed by atoms with van der Waals surface area (Å²) in [5.74, 6) is -0.662. The van der Waals surface area contributed by atoms with Crippen LogP contribution in [0.25, 0.3) is 27.9 Å². The minimum Gasteiger partial charge on any atom is -0.507 e. The number of likely N-dealkylation sites (N-methyl/N-ethyl adjacent to an activating group) is 1. The molecule has 0 amide bonds. The molecule has 0 bridgehead atoms. The van der Waals surface area contributed by atoms with Crippen LogP contribution in [0.3, 0.4) is 0 Å². The number of aromatic hydroxyl groups is 1. The van der Waals surface area contributed by atoms with Crippen LogP contribution in [-0.2, 0) is 14.1 Å². The van der Waals surface area contributed by atoms with Gasteiger partial charge in [-0.2, -0.15) is 0 Å². The zero-order valence-corrected chi connectivity index (χ0v) is 23.5. The number of imidazole rings is 1. The molecule has 2 saturated heterocycles. The summed E-state index contributed by atoms with van der Waals surface area (Å²) in [4.78, 5) is 30.1. The Hall–Kier alpha value is -3.82. The summed E-state index contributed by atoms with van der Waals surface area (Å²) in [6.07, 6.45) is 8.11. The molecule has 1 atom stereocenters. The summed E-state index contributed by atoms with van der Waals surface area (Å²) < 4.78 is 19.4. The lowest BCUT2D eigenvalue weighted by Gasteiger charge is -2.32. The summed E-state index contributed by atoms with van der Waals surface area (Å²) in [5.41, 5.74) is 2.28. The molecule has 4 heterocycles. The largest absolute Gasteiger partial charge is 0.507 e. The number of halogens is 2. The van der Waals surface area contributed by atoms with Gasteiger partial charge in [0.1, 0.15) is 17.3 Å². The molecule has 208 valence electrons. The average Bonchev–Trinajstić information content (AvgIpc) is 3.62. The van der Waals surface area contributed by atoms with Crippen LogP contribution in [0.5, 0.6) is 5.75 Å². The van der Waals surface area contributed by atoms with Crippen molar-refractivity contribution in [2.45, 2.75) is 24.8 Å². The number of rotatable bonds is 4. The van der Waals surface area contributed by atoms with Crippen LogP contribution in [-0.4, -0.2) is 55.9 Å². The highest BCUT2D eigenvalue weighted by Gasteiger charge is 2.44. The fraction of sp³-hybridized carbons (Fsp3) is 0.333. The zero-order chi connectivity index (χ0) is 28.3. The normalized spacial score (nSPS) is 19.3. The van der Waals surface area contributed by atoms with Gasteiger partial charge in [-0.3, -0.25) is 14.3 Å². The third-order valence-corrected chi connectivity index (χ3v) is 8.94. The highest BCUT2D eigenvalue weighted by Crippen LogP contribution is 2.42. The predicted molar refractivity (Wildman–Crippen MR) is 155 cm³/mol. The van der Waals surface area contributed by atoms with Gasteiger partial charge < -0.3 is 19.1 Å². The Morgan fingerprint density at radius 1 is 0.900 bits per heavy atom. The zero-order valence-electron chi connectivity index (χ0n) is 22.7. The number of benzene rings is 2. The lowest BCUT2D eigenvalue weighted by molar-refractivity contribution is 0.198. The first-order chi connectivity index (χ1) is 19.1. The first-order valence-electron chi connectivity index (χ1n) is 13.3. The van der Waals surface area contributed by atoms with Crippen LogP contribution in [0.15, 0.2) is 64.6 Å². The second kappa shape index (κ2) is 9.67. The van der Waals surface area contributed by atoms with Gasteiger partial charge in [-0.25, -0.2) is 9.18 Å². The number of aromatic nitrogens is 3. The smallest absolute Gasteiger partial charge is 0.332 e. The van der Waals surface area contributed by atoms with Crippen LogP contribution in [0.1, 0.15) is 19.3 Å². The van der Waals surface area contributed by atoms with Gasteiger partial charge in [0.15, 0.2) is 0 Å². The van der Waals surface area contributed by atoms with E-state index in [1.807, 2.05) is 0 Å². The summed E-state index contributed by atoms with van der Waals surface area (Å²) >= 11 is 6.55. The second-order valence-corrected chi connectivity index (χ2v) is 11.4. The Balaban J connectivity index is 1.40. The Kier molecular flexibility index (Phi) is 6.39. The number of nitrogens with zero attached hydrogens (tertiary/aromatic N) is 5. The number of phenols is 1. The second-order valence-electron chi connectivity index (χ2n) is 11.0. The molecule has 4 aromatic rings. The number of phenolic OH excluding ortho intramolecular Hbond substituents is 1. The van der Waals surface area contributed by atoms with Crippen molar-refractivity contribution >= 4 is 17.3 Å². The number of pyridine rings is 1. The molecule has 8 nitrogen and oxygen atoms in total. The lowest BCUT2D eigenvalue weighted by Crippen LogP contribution is -2.44. The van der Waals surface area contributed by atoms with Gasteiger partial charge in [-0.1, -0.05) is 17.7 Å². The number of hydrogen-bond acceptors (Lipinski definition) is 5. The van der Waals surface area contributed by atoms with Gasteiger partial charge in [0.25, 0.3) is 5.56 Å². The highest BCUT2D eigenvalue weighted by molar-refractivity contribution is 6.32. The maximum absolute atomic E-state index is 15.0. The minimum atomic E-state index is -0.537. The molecule has 40 heavy (non-hydrogen) atoms. The monoisotopic (exact) mass is 563 g/mol. The molecule has 1 unspecified atom stereocenters. The molecule has 0 aliphatic carbocycles. The molecule has 0 saturated carbocycles. The van der Waals surface area contributed by atoms with Crippen LogP contribution in [0, 0.1) is 5.82 Å². The molecule has 1 N–H and O–H groups in total. The molecular weight excluding hydrogens is 533 g/mol. The SMILES string of the molecule is CN1CCCC12CCN(c1cc(-c3cc(F)cc(-c4ccc(-n5ccn(C)c5=O)c(Cl)c4)c3O)cn(C)c1=O)C2. The predicted octanol–water partition coefficient (Wildman–Crippen LogP) is 4.38. The van der Waals surface area contributed by atoms with Crippen molar-refractivity contribution in [3.63, 3.8) is 0 Å². The van der Waals surface area contributed by atoms with Crippen LogP contribution in [0.2, 0.25) is 5.02 Å². The first-order valence-corrected chi connectivity index (χ1v) is 13.7. The van der Waals surface area contributed by atoms with E-state index in [0.717, 1.165) is 38.9 Å². The third-order valence-electron chi connectivity index (χ3n) is 8.63. The van der Waals surface area contributed by atoms with Gasteiger partial charge in [0, 0.05) is 68.0 Å². The van der Waals surface area contributed by atoms with E-state index in [-0.39, 0.29) is 38.7 Å². The maximum atomic E-state index is 15.0. The molecule has 2 fully saturated rings. The van der Waals surface area contributed by atoms with E-state index in [9.17, 15) is 14.7 Å². The third kappa shape index (κ3) is 4.24. The average molecular weight is 564 g/mol. The van der Waals surface area contributed by atoms with Crippen molar-refractivity contribution in [1.82, 2.24) is 18.6 Å². The van der Waals surface area contributed by atoms with Gasteiger partial charge in [-0.15, -0.1) is 0 Å². The number of anilines is 1. The van der Waals surface area contributed by atoms with E-state index in [1.165, 1.54) is 25.8 Å². The highest BCUT2D eigenvalue weighted by atomic mass is 35.5. The number of hydrogen-bond donors (Lipinski definition) is 1. The molecule has 6 rings (SSSR count). The topological polar surface area (TPSA) is 75.6 Å². The van der Waals surface area contributed by atoms with Crippen molar-refractivity contribution in [3.8, 4) is 33.7 Å². The molecule has 2 aromatic heterocycles. The number of aryl methyl sites for hydroxylation is 2. The molecule has 2 aromatic carbocycles. The Labute approximate surface area is 236 Å². The minimum absolute atomic E-state index is 0.0749. The maximum Gasteiger partial charge on any atom is 0.332 e. The summed E-state index contributed by atoms with van der Waals surface area (Å²) in [6, 6.07) is 9.23. The van der Waals surface area contributed by atoms with Crippen molar-refractivity contribution < 1.29 is 9.50 Å². The molecular formula is C30H31ClFN5O3. The van der Waals surface area contributed by atoms with E-state index in [0.29, 0.717) is 22.5 Å². The van der Waals surface area contributed by atoms with Crippen molar-refractivity contribution in [1.29, 1.82) is 0 Å².